The lowest BCUT2D eigenvalue weighted by molar-refractivity contribution is 0.0601. The molecule has 2 heterocycles. The van der Waals surface area contributed by atoms with Gasteiger partial charge in [-0.15, -0.1) is 0 Å². The van der Waals surface area contributed by atoms with Crippen LogP contribution in [0.25, 0.3) is 22.3 Å². The number of rotatable bonds is 7. The van der Waals surface area contributed by atoms with Gasteiger partial charge in [-0.1, -0.05) is 55.8 Å². The normalized spacial score (nSPS) is 11.0. The van der Waals surface area contributed by atoms with E-state index in [1.807, 2.05) is 36.5 Å². The molecule has 2 aromatic carbocycles. The first-order chi connectivity index (χ1) is 14.7. The van der Waals surface area contributed by atoms with Crippen molar-refractivity contribution in [1.82, 2.24) is 14.5 Å². The standard InChI is InChI=1S/C25H25N3O2/c1-3-4-11-23-27-22-10-7-16-26-24(22)28(23)17-18-12-14-19(15-13-18)20-8-5-6-9-21(20)25(29)30-2/h5-10,12-16H,3-4,11,17H2,1-2H3. The molecule has 0 radical (unpaired) electrons. The van der Waals surface area contributed by atoms with Crippen LogP contribution in [-0.2, 0) is 17.7 Å². The number of nitrogens with zero attached hydrogens (tertiary/aromatic N) is 3. The van der Waals surface area contributed by atoms with E-state index in [-0.39, 0.29) is 5.97 Å². The maximum Gasteiger partial charge on any atom is 0.338 e. The van der Waals surface area contributed by atoms with E-state index in [1.54, 1.807) is 6.07 Å². The smallest absolute Gasteiger partial charge is 0.338 e. The Hall–Kier alpha value is -3.47. The number of ether oxygens (including phenoxy) is 1. The van der Waals surface area contributed by atoms with Crippen molar-refractivity contribution in [2.75, 3.05) is 7.11 Å². The summed E-state index contributed by atoms with van der Waals surface area (Å²) in [6.07, 6.45) is 4.99. The molecule has 4 aromatic rings. The van der Waals surface area contributed by atoms with Crippen LogP contribution in [0.2, 0.25) is 0 Å². The van der Waals surface area contributed by atoms with E-state index < -0.39 is 0 Å². The molecular formula is C25H25N3O2. The Bertz CT molecular complexity index is 1160. The molecule has 5 nitrogen and oxygen atoms in total. The number of unbranched alkanes of at least 4 members (excludes halogenated alkanes) is 1. The number of aryl methyl sites for hydroxylation is 1. The molecule has 0 atom stereocenters. The lowest BCUT2D eigenvalue weighted by Crippen LogP contribution is -2.06. The Morgan fingerprint density at radius 1 is 1.03 bits per heavy atom. The number of imidazole rings is 1. The first-order valence-electron chi connectivity index (χ1n) is 10.3. The number of fused-ring (bicyclic) bond motifs is 1. The molecule has 5 heteroatoms. The highest BCUT2D eigenvalue weighted by Crippen LogP contribution is 2.25. The number of hydrogen-bond acceptors (Lipinski definition) is 4. The van der Waals surface area contributed by atoms with Gasteiger partial charge in [-0.25, -0.2) is 14.8 Å². The molecule has 2 aromatic heterocycles. The quantitative estimate of drug-likeness (QED) is 0.397. The Balaban J connectivity index is 1.65. The van der Waals surface area contributed by atoms with Crippen LogP contribution in [0.1, 0.15) is 41.5 Å². The van der Waals surface area contributed by atoms with Crippen LogP contribution in [0.3, 0.4) is 0 Å². The Labute approximate surface area is 176 Å². The average molecular weight is 399 g/mol. The fraction of sp³-hybridized carbons (Fsp3) is 0.240. The molecule has 0 N–H and O–H groups in total. The molecule has 0 aliphatic rings. The summed E-state index contributed by atoms with van der Waals surface area (Å²) < 4.78 is 7.13. The van der Waals surface area contributed by atoms with E-state index >= 15 is 0 Å². The largest absolute Gasteiger partial charge is 0.465 e. The number of carbonyl (C=O) groups excluding carboxylic acids is 1. The fourth-order valence-electron chi connectivity index (χ4n) is 3.69. The van der Waals surface area contributed by atoms with Gasteiger partial charge in [-0.2, -0.15) is 0 Å². The predicted molar refractivity (Wildman–Crippen MR) is 118 cm³/mol. The van der Waals surface area contributed by atoms with Gasteiger partial charge in [0.15, 0.2) is 5.65 Å². The van der Waals surface area contributed by atoms with Crippen molar-refractivity contribution in [3.8, 4) is 11.1 Å². The molecular weight excluding hydrogens is 374 g/mol. The molecule has 0 spiro atoms. The maximum atomic E-state index is 12.1. The third kappa shape index (κ3) is 3.96. The van der Waals surface area contributed by atoms with Gasteiger partial charge in [-0.3, -0.25) is 0 Å². The summed E-state index contributed by atoms with van der Waals surface area (Å²) in [5.41, 5.74) is 5.45. The van der Waals surface area contributed by atoms with Gasteiger partial charge >= 0.3 is 5.97 Å². The molecule has 152 valence electrons. The van der Waals surface area contributed by atoms with Crippen molar-refractivity contribution in [2.45, 2.75) is 32.7 Å². The van der Waals surface area contributed by atoms with Crippen molar-refractivity contribution >= 4 is 17.1 Å². The van der Waals surface area contributed by atoms with E-state index in [9.17, 15) is 4.79 Å². The van der Waals surface area contributed by atoms with Crippen LogP contribution >= 0.6 is 0 Å². The van der Waals surface area contributed by atoms with E-state index in [0.717, 1.165) is 52.9 Å². The molecule has 0 saturated heterocycles. The van der Waals surface area contributed by atoms with E-state index in [2.05, 4.69) is 40.7 Å². The van der Waals surface area contributed by atoms with Gasteiger partial charge in [0.2, 0.25) is 0 Å². The SMILES string of the molecule is CCCCc1nc2cccnc2n1Cc1ccc(-c2ccccc2C(=O)OC)cc1. The zero-order chi connectivity index (χ0) is 20.9. The monoisotopic (exact) mass is 399 g/mol. The Morgan fingerprint density at radius 3 is 2.60 bits per heavy atom. The van der Waals surface area contributed by atoms with Crippen LogP contribution in [-0.4, -0.2) is 27.6 Å². The minimum Gasteiger partial charge on any atom is -0.465 e. The Kier molecular flexibility index (Phi) is 5.89. The molecule has 0 bridgehead atoms. The summed E-state index contributed by atoms with van der Waals surface area (Å²) in [5.74, 6) is 0.747. The summed E-state index contributed by atoms with van der Waals surface area (Å²) in [4.78, 5) is 21.5. The van der Waals surface area contributed by atoms with Gasteiger partial charge < -0.3 is 9.30 Å². The zero-order valence-electron chi connectivity index (χ0n) is 17.3. The number of hydrogen-bond donors (Lipinski definition) is 0. The first kappa shape index (κ1) is 19.8. The van der Waals surface area contributed by atoms with E-state index in [0.29, 0.717) is 12.1 Å². The molecule has 0 unspecified atom stereocenters. The number of aromatic nitrogens is 3. The lowest BCUT2D eigenvalue weighted by Gasteiger charge is -2.11. The summed E-state index contributed by atoms with van der Waals surface area (Å²) >= 11 is 0. The van der Waals surface area contributed by atoms with Gasteiger partial charge in [0, 0.05) is 12.6 Å². The lowest BCUT2D eigenvalue weighted by atomic mass is 9.98. The molecule has 0 aliphatic carbocycles. The van der Waals surface area contributed by atoms with Crippen molar-refractivity contribution in [2.24, 2.45) is 0 Å². The van der Waals surface area contributed by atoms with Crippen molar-refractivity contribution in [1.29, 1.82) is 0 Å². The topological polar surface area (TPSA) is 57.0 Å². The summed E-state index contributed by atoms with van der Waals surface area (Å²) in [6, 6.07) is 19.8. The number of carbonyl (C=O) groups is 1. The van der Waals surface area contributed by atoms with Crippen LogP contribution < -0.4 is 0 Å². The molecule has 0 saturated carbocycles. The molecule has 30 heavy (non-hydrogen) atoms. The highest BCUT2D eigenvalue weighted by Gasteiger charge is 2.14. The van der Waals surface area contributed by atoms with E-state index in [1.165, 1.54) is 7.11 Å². The molecule has 4 rings (SSSR count). The molecule has 0 fully saturated rings. The van der Waals surface area contributed by atoms with Gasteiger partial charge in [0.05, 0.1) is 19.2 Å². The van der Waals surface area contributed by atoms with Crippen LogP contribution in [0.5, 0.6) is 0 Å². The average Bonchev–Trinajstić information content (AvgIpc) is 3.15. The van der Waals surface area contributed by atoms with Crippen molar-refractivity contribution < 1.29 is 9.53 Å². The zero-order valence-corrected chi connectivity index (χ0v) is 17.3. The second-order valence-corrected chi connectivity index (χ2v) is 7.30. The van der Waals surface area contributed by atoms with Crippen LogP contribution in [0.15, 0.2) is 66.9 Å². The molecule has 0 amide bonds. The first-order valence-corrected chi connectivity index (χ1v) is 10.3. The fourth-order valence-corrected chi connectivity index (χ4v) is 3.69. The minimum absolute atomic E-state index is 0.328. The number of benzene rings is 2. The van der Waals surface area contributed by atoms with Crippen molar-refractivity contribution in [3.63, 3.8) is 0 Å². The summed E-state index contributed by atoms with van der Waals surface area (Å²) in [5, 5.41) is 0. The predicted octanol–water partition coefficient (Wildman–Crippen LogP) is 5.28. The maximum absolute atomic E-state index is 12.1. The van der Waals surface area contributed by atoms with Gasteiger partial charge in [0.25, 0.3) is 0 Å². The second kappa shape index (κ2) is 8.91. The van der Waals surface area contributed by atoms with Crippen LogP contribution in [0, 0.1) is 0 Å². The highest BCUT2D eigenvalue weighted by atomic mass is 16.5. The second-order valence-electron chi connectivity index (χ2n) is 7.30. The number of methoxy groups -OCH3 is 1. The van der Waals surface area contributed by atoms with Gasteiger partial charge in [-0.05, 0) is 41.3 Å². The third-order valence-electron chi connectivity index (χ3n) is 5.27. The van der Waals surface area contributed by atoms with Crippen molar-refractivity contribution in [3.05, 3.63) is 83.8 Å². The highest BCUT2D eigenvalue weighted by molar-refractivity contribution is 5.97. The minimum atomic E-state index is -0.328. The number of pyridine rings is 1. The van der Waals surface area contributed by atoms with Crippen LogP contribution in [0.4, 0.5) is 0 Å². The number of esters is 1. The third-order valence-corrected chi connectivity index (χ3v) is 5.27. The Morgan fingerprint density at radius 2 is 1.83 bits per heavy atom. The van der Waals surface area contributed by atoms with Gasteiger partial charge in [0.1, 0.15) is 11.3 Å². The summed E-state index contributed by atoms with van der Waals surface area (Å²) in [7, 11) is 1.40. The van der Waals surface area contributed by atoms with E-state index in [4.69, 9.17) is 9.72 Å². The summed E-state index contributed by atoms with van der Waals surface area (Å²) in [6.45, 7) is 2.90. The molecule has 0 aliphatic heterocycles.